The molecule has 2 aliphatic rings. The molecule has 1 amide bonds. The first-order valence-corrected chi connectivity index (χ1v) is 9.05. The number of fused-ring (bicyclic) bond motifs is 1. The third-order valence-electron chi connectivity index (χ3n) is 4.96. The second-order valence-corrected chi connectivity index (χ2v) is 6.75. The summed E-state index contributed by atoms with van der Waals surface area (Å²) in [5, 5.41) is 12.4. The van der Waals surface area contributed by atoms with Crippen molar-refractivity contribution < 1.29 is 9.53 Å². The van der Waals surface area contributed by atoms with Crippen LogP contribution in [-0.2, 0) is 4.74 Å². The fourth-order valence-corrected chi connectivity index (χ4v) is 3.38. The van der Waals surface area contributed by atoms with Crippen LogP contribution in [-0.4, -0.2) is 85.5 Å². The zero-order valence-corrected chi connectivity index (χ0v) is 15.0. The summed E-state index contributed by atoms with van der Waals surface area (Å²) < 4.78 is 5.32. The van der Waals surface area contributed by atoms with E-state index in [1.165, 1.54) is 0 Å². The highest BCUT2D eigenvalue weighted by Crippen LogP contribution is 2.26. The van der Waals surface area contributed by atoms with Gasteiger partial charge < -0.3 is 14.5 Å². The van der Waals surface area contributed by atoms with Gasteiger partial charge in [-0.2, -0.15) is 0 Å². The highest BCUT2D eigenvalue weighted by Gasteiger charge is 2.22. The van der Waals surface area contributed by atoms with Gasteiger partial charge in [0.25, 0.3) is 5.91 Å². The van der Waals surface area contributed by atoms with Crippen molar-refractivity contribution in [2.24, 2.45) is 0 Å². The number of amides is 1. The van der Waals surface area contributed by atoms with Gasteiger partial charge in [0.15, 0.2) is 11.5 Å². The quantitative estimate of drug-likeness (QED) is 0.851. The summed E-state index contributed by atoms with van der Waals surface area (Å²) in [6.07, 6.45) is 0. The maximum absolute atomic E-state index is 12.7. The van der Waals surface area contributed by atoms with Crippen LogP contribution in [0.3, 0.4) is 0 Å². The molecule has 0 saturated carbocycles. The Hall–Kier alpha value is -2.29. The molecule has 2 aliphatic heterocycles. The van der Waals surface area contributed by atoms with E-state index in [1.807, 2.05) is 29.3 Å². The molecule has 0 aliphatic carbocycles. The molecule has 2 saturated heterocycles. The molecule has 4 rings (SSSR count). The Balaban J connectivity index is 1.62. The van der Waals surface area contributed by atoms with E-state index in [0.29, 0.717) is 32.0 Å². The fraction of sp³-hybridized carbons (Fsp3) is 0.500. The lowest BCUT2D eigenvalue weighted by molar-refractivity contribution is 0.0125. The molecule has 1 aromatic carbocycles. The summed E-state index contributed by atoms with van der Waals surface area (Å²) in [6.45, 7) is 6.41. The van der Waals surface area contributed by atoms with Crippen LogP contribution < -0.4 is 10.3 Å². The van der Waals surface area contributed by atoms with Crippen molar-refractivity contribution in [1.29, 1.82) is 0 Å². The molecular weight excluding hydrogens is 332 g/mol. The highest BCUT2D eigenvalue weighted by atomic mass is 16.5. The van der Waals surface area contributed by atoms with Crippen LogP contribution in [0.25, 0.3) is 10.8 Å². The van der Waals surface area contributed by atoms with Crippen molar-refractivity contribution in [1.82, 2.24) is 25.5 Å². The van der Waals surface area contributed by atoms with Gasteiger partial charge in [-0.05, 0) is 7.05 Å². The van der Waals surface area contributed by atoms with E-state index in [2.05, 4.69) is 32.5 Å². The van der Waals surface area contributed by atoms with E-state index in [1.54, 1.807) is 0 Å². The Bertz CT molecular complexity index is 784. The van der Waals surface area contributed by atoms with Gasteiger partial charge >= 0.3 is 0 Å². The van der Waals surface area contributed by atoms with E-state index in [-0.39, 0.29) is 5.91 Å². The molecule has 8 nitrogen and oxygen atoms in total. The number of hydrogen-bond donors (Lipinski definition) is 1. The standard InChI is InChI=1S/C18H24N6O2/c1-22-6-8-23(9-7-22)17-15-5-3-2-4-14(15)16(19-20-17)18(25)21-24-10-12-26-13-11-24/h2-5H,6-13H2,1H3,(H,21,25). The van der Waals surface area contributed by atoms with Crippen molar-refractivity contribution >= 4 is 22.5 Å². The topological polar surface area (TPSA) is 73.8 Å². The number of benzene rings is 1. The summed E-state index contributed by atoms with van der Waals surface area (Å²) in [6, 6.07) is 7.87. The number of hydrogen-bond acceptors (Lipinski definition) is 7. The number of aromatic nitrogens is 2. The van der Waals surface area contributed by atoms with E-state index in [0.717, 1.165) is 42.8 Å². The number of piperazine rings is 1. The number of ether oxygens (including phenoxy) is 1. The van der Waals surface area contributed by atoms with Gasteiger partial charge in [0.1, 0.15) is 0 Å². The first-order valence-electron chi connectivity index (χ1n) is 9.05. The molecule has 26 heavy (non-hydrogen) atoms. The summed E-state index contributed by atoms with van der Waals surface area (Å²) in [4.78, 5) is 17.3. The molecular formula is C18H24N6O2. The maximum atomic E-state index is 12.7. The zero-order valence-electron chi connectivity index (χ0n) is 15.0. The molecule has 0 spiro atoms. The second-order valence-electron chi connectivity index (χ2n) is 6.75. The van der Waals surface area contributed by atoms with Crippen LogP contribution in [0.1, 0.15) is 10.5 Å². The number of rotatable bonds is 3. The number of nitrogens with one attached hydrogen (secondary N) is 1. The number of hydrazine groups is 1. The van der Waals surface area contributed by atoms with E-state index in [4.69, 9.17) is 4.74 Å². The third kappa shape index (κ3) is 3.48. The number of nitrogens with zero attached hydrogens (tertiary/aromatic N) is 5. The average Bonchev–Trinajstić information content (AvgIpc) is 2.68. The fourth-order valence-electron chi connectivity index (χ4n) is 3.38. The summed E-state index contributed by atoms with van der Waals surface area (Å²) in [7, 11) is 2.13. The summed E-state index contributed by atoms with van der Waals surface area (Å²) in [5.74, 6) is 0.636. The molecule has 2 aromatic rings. The number of anilines is 1. The summed E-state index contributed by atoms with van der Waals surface area (Å²) >= 11 is 0. The summed E-state index contributed by atoms with van der Waals surface area (Å²) in [5.41, 5.74) is 3.29. The molecule has 8 heteroatoms. The van der Waals surface area contributed by atoms with Crippen LogP contribution in [0.4, 0.5) is 5.82 Å². The third-order valence-corrected chi connectivity index (χ3v) is 4.96. The van der Waals surface area contributed by atoms with Crippen molar-refractivity contribution in [3.05, 3.63) is 30.0 Å². The van der Waals surface area contributed by atoms with Crippen LogP contribution >= 0.6 is 0 Å². The lowest BCUT2D eigenvalue weighted by Crippen LogP contribution is -2.48. The molecule has 3 heterocycles. The molecule has 0 unspecified atom stereocenters. The van der Waals surface area contributed by atoms with Gasteiger partial charge in [-0.25, -0.2) is 5.01 Å². The first kappa shape index (κ1) is 17.1. The van der Waals surface area contributed by atoms with Crippen LogP contribution in [0.15, 0.2) is 24.3 Å². The van der Waals surface area contributed by atoms with Crippen molar-refractivity contribution in [3.63, 3.8) is 0 Å². The van der Waals surface area contributed by atoms with Crippen molar-refractivity contribution in [2.75, 3.05) is 64.4 Å². The monoisotopic (exact) mass is 356 g/mol. The van der Waals surface area contributed by atoms with E-state index >= 15 is 0 Å². The Morgan fingerprint density at radius 2 is 1.69 bits per heavy atom. The lowest BCUT2D eigenvalue weighted by Gasteiger charge is -2.33. The van der Waals surface area contributed by atoms with Gasteiger partial charge in [0.05, 0.1) is 13.2 Å². The number of morpholine rings is 1. The van der Waals surface area contributed by atoms with Gasteiger partial charge in [0, 0.05) is 50.0 Å². The minimum absolute atomic E-state index is 0.222. The predicted octanol–water partition coefficient (Wildman–Crippen LogP) is 0.359. The highest BCUT2D eigenvalue weighted by molar-refractivity contribution is 6.07. The average molecular weight is 356 g/mol. The molecule has 0 bridgehead atoms. The Morgan fingerprint density at radius 1 is 1.00 bits per heavy atom. The normalized spacial score (nSPS) is 19.7. The largest absolute Gasteiger partial charge is 0.379 e. The van der Waals surface area contributed by atoms with Gasteiger partial charge in [0.2, 0.25) is 0 Å². The number of carbonyl (C=O) groups is 1. The maximum Gasteiger partial charge on any atom is 0.286 e. The van der Waals surface area contributed by atoms with Gasteiger partial charge in [-0.15, -0.1) is 10.2 Å². The van der Waals surface area contributed by atoms with Crippen LogP contribution in [0, 0.1) is 0 Å². The number of likely N-dealkylation sites (N-methyl/N-ethyl adjacent to an activating group) is 1. The SMILES string of the molecule is CN1CCN(c2nnc(C(=O)NN3CCOCC3)c3ccccc23)CC1. The first-order chi connectivity index (χ1) is 12.7. The second kappa shape index (κ2) is 7.53. The van der Waals surface area contributed by atoms with Gasteiger partial charge in [-0.1, -0.05) is 24.3 Å². The molecule has 138 valence electrons. The minimum Gasteiger partial charge on any atom is -0.379 e. The van der Waals surface area contributed by atoms with Gasteiger partial charge in [-0.3, -0.25) is 10.2 Å². The Labute approximate surface area is 152 Å². The molecule has 0 radical (unpaired) electrons. The van der Waals surface area contributed by atoms with Crippen LogP contribution in [0.5, 0.6) is 0 Å². The smallest absolute Gasteiger partial charge is 0.286 e. The van der Waals surface area contributed by atoms with E-state index < -0.39 is 0 Å². The minimum atomic E-state index is -0.222. The molecule has 0 atom stereocenters. The zero-order chi connectivity index (χ0) is 17.9. The lowest BCUT2D eigenvalue weighted by atomic mass is 10.1. The van der Waals surface area contributed by atoms with Crippen LogP contribution in [0.2, 0.25) is 0 Å². The Kier molecular flexibility index (Phi) is 4.96. The van der Waals surface area contributed by atoms with E-state index in [9.17, 15) is 4.79 Å². The molecule has 1 aromatic heterocycles. The van der Waals surface area contributed by atoms with Crippen molar-refractivity contribution in [3.8, 4) is 0 Å². The molecule has 1 N–H and O–H groups in total. The Morgan fingerprint density at radius 3 is 2.42 bits per heavy atom. The predicted molar refractivity (Wildman–Crippen MR) is 99.1 cm³/mol. The molecule has 2 fully saturated rings. The van der Waals surface area contributed by atoms with Crippen molar-refractivity contribution in [2.45, 2.75) is 0 Å². The number of carbonyl (C=O) groups excluding carboxylic acids is 1.